The summed E-state index contributed by atoms with van der Waals surface area (Å²) in [5, 5.41) is 16.1. The van der Waals surface area contributed by atoms with Crippen LogP contribution in [0.5, 0.6) is 0 Å². The summed E-state index contributed by atoms with van der Waals surface area (Å²) in [5.41, 5.74) is 2.87. The quantitative estimate of drug-likeness (QED) is 0.240. The number of aromatic amines is 1. The number of nitrogens with zero attached hydrogens (tertiary/aromatic N) is 4. The van der Waals surface area contributed by atoms with Crippen LogP contribution in [0.15, 0.2) is 64.7 Å². The third-order valence-corrected chi connectivity index (χ3v) is 5.20. The molecule has 0 unspecified atom stereocenters. The van der Waals surface area contributed by atoms with E-state index < -0.39 is 4.92 Å². The Morgan fingerprint density at radius 3 is 2.82 bits per heavy atom. The fraction of sp³-hybridized carbons (Fsp3) is 0.105. The molecule has 0 radical (unpaired) electrons. The molecule has 4 aromatic rings. The second-order valence-corrected chi connectivity index (χ2v) is 7.13. The first-order valence-corrected chi connectivity index (χ1v) is 9.41. The van der Waals surface area contributed by atoms with Gasteiger partial charge in [-0.1, -0.05) is 42.1 Å². The van der Waals surface area contributed by atoms with Crippen molar-refractivity contribution in [1.82, 2.24) is 19.7 Å². The van der Waals surface area contributed by atoms with Crippen molar-refractivity contribution in [1.29, 1.82) is 0 Å². The zero-order chi connectivity index (χ0) is 19.7. The number of aromatic nitrogens is 4. The van der Waals surface area contributed by atoms with E-state index in [0.29, 0.717) is 21.9 Å². The first-order valence-electron chi connectivity index (χ1n) is 8.43. The van der Waals surface area contributed by atoms with Gasteiger partial charge in [0.25, 0.3) is 11.2 Å². The lowest BCUT2D eigenvalue weighted by Gasteiger charge is -2.07. The summed E-state index contributed by atoms with van der Waals surface area (Å²) >= 11 is 1.30. The SMILES string of the molecule is Cc1ccccc1-n1ncc2c(=O)[nH]c(SCc3cccc([N+](=O)[O-])c3)nc21. The number of nitro benzene ring substituents is 1. The summed E-state index contributed by atoms with van der Waals surface area (Å²) in [5.74, 6) is 0.439. The third kappa shape index (κ3) is 3.39. The van der Waals surface area contributed by atoms with E-state index in [2.05, 4.69) is 15.1 Å². The molecule has 0 aliphatic heterocycles. The summed E-state index contributed by atoms with van der Waals surface area (Å²) in [6.07, 6.45) is 1.50. The largest absolute Gasteiger partial charge is 0.301 e. The van der Waals surface area contributed by atoms with Crippen molar-refractivity contribution in [2.24, 2.45) is 0 Å². The van der Waals surface area contributed by atoms with E-state index in [1.807, 2.05) is 31.2 Å². The first kappa shape index (κ1) is 17.9. The van der Waals surface area contributed by atoms with Crippen molar-refractivity contribution in [3.05, 3.63) is 86.3 Å². The van der Waals surface area contributed by atoms with Gasteiger partial charge in [-0.3, -0.25) is 14.9 Å². The molecule has 0 fully saturated rings. The predicted octanol–water partition coefficient (Wildman–Crippen LogP) is 3.62. The zero-order valence-corrected chi connectivity index (χ0v) is 15.6. The van der Waals surface area contributed by atoms with Crippen LogP contribution in [0.4, 0.5) is 5.69 Å². The van der Waals surface area contributed by atoms with Crippen molar-refractivity contribution in [2.45, 2.75) is 17.8 Å². The Kier molecular flexibility index (Phi) is 4.66. The van der Waals surface area contributed by atoms with Crippen molar-refractivity contribution in [2.75, 3.05) is 0 Å². The number of hydrogen-bond acceptors (Lipinski definition) is 6. The van der Waals surface area contributed by atoms with E-state index in [1.54, 1.807) is 16.8 Å². The van der Waals surface area contributed by atoms with E-state index >= 15 is 0 Å². The zero-order valence-electron chi connectivity index (χ0n) is 14.8. The lowest BCUT2D eigenvalue weighted by atomic mass is 10.2. The lowest BCUT2D eigenvalue weighted by molar-refractivity contribution is -0.384. The number of benzene rings is 2. The molecule has 4 rings (SSSR count). The van der Waals surface area contributed by atoms with Gasteiger partial charge in [-0.05, 0) is 24.1 Å². The van der Waals surface area contributed by atoms with E-state index in [4.69, 9.17) is 0 Å². The molecule has 0 saturated carbocycles. The van der Waals surface area contributed by atoms with Crippen molar-refractivity contribution in [3.63, 3.8) is 0 Å². The predicted molar refractivity (Wildman–Crippen MR) is 107 cm³/mol. The Morgan fingerprint density at radius 1 is 1.21 bits per heavy atom. The van der Waals surface area contributed by atoms with Crippen molar-refractivity contribution < 1.29 is 4.92 Å². The first-order chi connectivity index (χ1) is 13.5. The van der Waals surface area contributed by atoms with Gasteiger partial charge in [0.15, 0.2) is 10.8 Å². The molecule has 9 heteroatoms. The van der Waals surface area contributed by atoms with Crippen LogP contribution < -0.4 is 5.56 Å². The molecule has 0 saturated heterocycles. The number of nitro groups is 1. The van der Waals surface area contributed by atoms with Crippen LogP contribution >= 0.6 is 11.8 Å². The van der Waals surface area contributed by atoms with Gasteiger partial charge in [0.1, 0.15) is 5.39 Å². The van der Waals surface area contributed by atoms with E-state index in [1.165, 1.54) is 30.1 Å². The molecule has 2 aromatic carbocycles. The molecule has 0 spiro atoms. The number of hydrogen-bond donors (Lipinski definition) is 1. The highest BCUT2D eigenvalue weighted by atomic mass is 32.2. The minimum atomic E-state index is -0.429. The Hall–Kier alpha value is -3.46. The van der Waals surface area contributed by atoms with Gasteiger partial charge in [0, 0.05) is 17.9 Å². The fourth-order valence-electron chi connectivity index (χ4n) is 2.86. The van der Waals surface area contributed by atoms with Gasteiger partial charge < -0.3 is 4.98 Å². The van der Waals surface area contributed by atoms with E-state index in [-0.39, 0.29) is 11.2 Å². The topological polar surface area (TPSA) is 107 Å². The van der Waals surface area contributed by atoms with Crippen LogP contribution in [0.1, 0.15) is 11.1 Å². The maximum absolute atomic E-state index is 12.4. The maximum Gasteiger partial charge on any atom is 0.269 e. The number of aryl methyl sites for hydroxylation is 1. The molecule has 140 valence electrons. The van der Waals surface area contributed by atoms with Gasteiger partial charge >= 0.3 is 0 Å². The number of H-pyrrole nitrogens is 1. The average Bonchev–Trinajstić information content (AvgIpc) is 3.11. The van der Waals surface area contributed by atoms with Crippen LogP contribution in [-0.2, 0) is 5.75 Å². The van der Waals surface area contributed by atoms with Crippen molar-refractivity contribution >= 4 is 28.5 Å². The highest BCUT2D eigenvalue weighted by molar-refractivity contribution is 7.98. The highest BCUT2D eigenvalue weighted by Crippen LogP contribution is 2.23. The average molecular weight is 393 g/mol. The molecular weight excluding hydrogens is 378 g/mol. The van der Waals surface area contributed by atoms with Crippen LogP contribution in [0.25, 0.3) is 16.7 Å². The maximum atomic E-state index is 12.4. The Balaban J connectivity index is 1.68. The molecule has 1 N–H and O–H groups in total. The van der Waals surface area contributed by atoms with Gasteiger partial charge in [-0.15, -0.1) is 0 Å². The molecule has 2 aromatic heterocycles. The monoisotopic (exact) mass is 393 g/mol. The highest BCUT2D eigenvalue weighted by Gasteiger charge is 2.13. The molecule has 0 amide bonds. The minimum Gasteiger partial charge on any atom is -0.301 e. The normalized spacial score (nSPS) is 11.0. The van der Waals surface area contributed by atoms with Crippen molar-refractivity contribution in [3.8, 4) is 5.69 Å². The molecular formula is C19H15N5O3S. The number of nitrogens with one attached hydrogen (secondary N) is 1. The molecule has 8 nitrogen and oxygen atoms in total. The molecule has 28 heavy (non-hydrogen) atoms. The summed E-state index contributed by atoms with van der Waals surface area (Å²) in [6, 6.07) is 14.1. The molecule has 0 atom stereocenters. The second-order valence-electron chi connectivity index (χ2n) is 6.17. The summed E-state index contributed by atoms with van der Waals surface area (Å²) in [6.45, 7) is 1.97. The fourth-order valence-corrected chi connectivity index (χ4v) is 3.65. The van der Waals surface area contributed by atoms with Gasteiger partial charge in [-0.2, -0.15) is 5.10 Å². The summed E-state index contributed by atoms with van der Waals surface area (Å²) in [7, 11) is 0. The second kappa shape index (κ2) is 7.28. The lowest BCUT2D eigenvalue weighted by Crippen LogP contribution is -2.10. The van der Waals surface area contributed by atoms with Gasteiger partial charge in [-0.25, -0.2) is 9.67 Å². The molecule has 2 heterocycles. The summed E-state index contributed by atoms with van der Waals surface area (Å²) in [4.78, 5) is 30.2. The Labute approximate surface area is 163 Å². The Bertz CT molecular complexity index is 1250. The third-order valence-electron chi connectivity index (χ3n) is 4.26. The van der Waals surface area contributed by atoms with Gasteiger partial charge in [0.05, 0.1) is 16.8 Å². The van der Waals surface area contributed by atoms with Crippen LogP contribution in [0.2, 0.25) is 0 Å². The van der Waals surface area contributed by atoms with Gasteiger partial charge in [0.2, 0.25) is 0 Å². The van der Waals surface area contributed by atoms with Crippen LogP contribution in [0.3, 0.4) is 0 Å². The number of thioether (sulfide) groups is 1. The smallest absolute Gasteiger partial charge is 0.269 e. The minimum absolute atomic E-state index is 0.0348. The number of rotatable bonds is 5. The van der Waals surface area contributed by atoms with E-state index in [9.17, 15) is 14.9 Å². The molecule has 0 aliphatic rings. The molecule has 0 bridgehead atoms. The standard InChI is InChI=1S/C19H15N5O3S/c1-12-5-2-3-8-16(12)23-17-15(10-20-23)18(25)22-19(21-17)28-11-13-6-4-7-14(9-13)24(26)27/h2-10H,11H2,1H3,(H,21,22,25). The number of fused-ring (bicyclic) bond motifs is 1. The van der Waals surface area contributed by atoms with Crippen LogP contribution in [-0.4, -0.2) is 24.7 Å². The summed E-state index contributed by atoms with van der Waals surface area (Å²) < 4.78 is 1.65. The number of para-hydroxylation sites is 1. The van der Waals surface area contributed by atoms with Crippen LogP contribution in [0, 0.1) is 17.0 Å². The van der Waals surface area contributed by atoms with E-state index in [0.717, 1.165) is 16.8 Å². The number of non-ortho nitro benzene ring substituents is 1. The molecule has 0 aliphatic carbocycles. The Morgan fingerprint density at radius 2 is 2.04 bits per heavy atom.